The van der Waals surface area contributed by atoms with Gasteiger partial charge >= 0.3 is 0 Å². The Morgan fingerprint density at radius 3 is 1.68 bits per heavy atom. The predicted molar refractivity (Wildman–Crippen MR) is 189 cm³/mol. The number of benzene rings is 1. The summed E-state index contributed by atoms with van der Waals surface area (Å²) in [5.74, 6) is 0.968. The zero-order valence-corrected chi connectivity index (χ0v) is 28.8. The highest BCUT2D eigenvalue weighted by Crippen LogP contribution is 2.17. The topological polar surface area (TPSA) is 69.6 Å². The summed E-state index contributed by atoms with van der Waals surface area (Å²) in [6.45, 7) is 8.74. The maximum absolute atomic E-state index is 8.28. The molecule has 0 spiro atoms. The van der Waals surface area contributed by atoms with Gasteiger partial charge in [0.25, 0.3) is 0 Å². The summed E-state index contributed by atoms with van der Waals surface area (Å²) in [7, 11) is 0. The van der Waals surface area contributed by atoms with Crippen LogP contribution in [0.15, 0.2) is 96.9 Å². The van der Waals surface area contributed by atoms with E-state index in [0.29, 0.717) is 6.54 Å². The first-order valence-electron chi connectivity index (χ1n) is 17.8. The Morgan fingerprint density at radius 1 is 0.596 bits per heavy atom. The van der Waals surface area contributed by atoms with E-state index in [1.54, 1.807) is 0 Å². The van der Waals surface area contributed by atoms with Crippen LogP contribution in [0.3, 0.4) is 0 Å². The van der Waals surface area contributed by atoms with Crippen LogP contribution in [0.4, 0.5) is 0 Å². The Bertz CT molecular complexity index is 1480. The fourth-order valence-electron chi connectivity index (χ4n) is 6.10. The fourth-order valence-corrected chi connectivity index (χ4v) is 6.10. The van der Waals surface area contributed by atoms with E-state index in [0.717, 1.165) is 57.7 Å². The van der Waals surface area contributed by atoms with Gasteiger partial charge in [0, 0.05) is 53.3 Å². The lowest BCUT2D eigenvalue weighted by atomic mass is 10.1. The third-order valence-electron chi connectivity index (χ3n) is 8.71. The molecule has 3 heterocycles. The molecule has 0 aliphatic carbocycles. The molecule has 1 aromatic carbocycles. The molecule has 3 aromatic heterocycles. The molecule has 4 aromatic rings. The molecule has 0 unspecified atom stereocenters. The van der Waals surface area contributed by atoms with Crippen LogP contribution in [0.2, 0.25) is 0 Å². The monoisotopic (exact) mass is 635 g/mol. The van der Waals surface area contributed by atoms with Crippen molar-refractivity contribution in [3.05, 3.63) is 119 Å². The summed E-state index contributed by atoms with van der Waals surface area (Å²) in [6, 6.07) is 19.7. The van der Waals surface area contributed by atoms with E-state index >= 15 is 0 Å². The molecule has 0 N–H and O–H groups in total. The smallest absolute Gasteiger partial charge is 0.171 e. The van der Waals surface area contributed by atoms with E-state index < -0.39 is 0 Å². The maximum atomic E-state index is 8.28. The van der Waals surface area contributed by atoms with Crippen molar-refractivity contribution in [1.82, 2.24) is 0 Å². The van der Waals surface area contributed by atoms with Crippen LogP contribution in [0.25, 0.3) is 21.6 Å². The second kappa shape index (κ2) is 20.8. The Labute approximate surface area is 282 Å². The number of pyridine rings is 3. The average molecular weight is 636 g/mol. The van der Waals surface area contributed by atoms with Gasteiger partial charge < -0.3 is 4.74 Å². The second-order valence-electron chi connectivity index (χ2n) is 12.9. The van der Waals surface area contributed by atoms with Crippen LogP contribution < -0.4 is 18.4 Å². The molecule has 0 aliphatic heterocycles. The lowest BCUT2D eigenvalue weighted by Crippen LogP contribution is -2.38. The highest BCUT2D eigenvalue weighted by molar-refractivity contribution is 5.60. The van der Waals surface area contributed by atoms with Crippen molar-refractivity contribution in [3.8, 4) is 16.9 Å². The summed E-state index contributed by atoms with van der Waals surface area (Å²) in [5, 5.41) is 3.59. The van der Waals surface area contributed by atoms with Gasteiger partial charge in [-0.1, -0.05) is 68.6 Å². The van der Waals surface area contributed by atoms with Gasteiger partial charge in [0.15, 0.2) is 56.8 Å². The normalized spacial score (nSPS) is 10.9. The lowest BCUT2D eigenvalue weighted by molar-refractivity contribution is -0.727. The highest BCUT2D eigenvalue weighted by Gasteiger charge is 2.09. The molecule has 0 atom stereocenters. The number of aryl methyl sites for hydroxylation is 6. The van der Waals surface area contributed by atoms with E-state index in [-0.39, 0.29) is 0 Å². The SMILES string of the molecule is Cc1cc(C)c[n+](CCC[n+]2ccc(-c3cc[n+](CCc4ccc(OCCCCCCCCCCCCN=[N+]=[N-])cc4)cc3)cc2)c1. The van der Waals surface area contributed by atoms with Crippen molar-refractivity contribution in [1.29, 1.82) is 0 Å². The molecule has 0 bridgehead atoms. The third-order valence-corrected chi connectivity index (χ3v) is 8.71. The molecule has 47 heavy (non-hydrogen) atoms. The van der Waals surface area contributed by atoms with Crippen LogP contribution in [0.1, 0.15) is 87.3 Å². The maximum Gasteiger partial charge on any atom is 0.171 e. The summed E-state index contributed by atoms with van der Waals surface area (Å²) in [6.07, 6.45) is 27.6. The van der Waals surface area contributed by atoms with Gasteiger partial charge in [-0.05, 0) is 67.1 Å². The van der Waals surface area contributed by atoms with Gasteiger partial charge in [0.05, 0.1) is 13.0 Å². The molecule has 0 radical (unpaired) electrons. The van der Waals surface area contributed by atoms with Crippen LogP contribution in [-0.4, -0.2) is 13.2 Å². The number of ether oxygens (including phenoxy) is 1. The minimum Gasteiger partial charge on any atom is -0.494 e. The zero-order chi connectivity index (χ0) is 32.9. The van der Waals surface area contributed by atoms with Gasteiger partial charge in [0.1, 0.15) is 5.75 Å². The Morgan fingerprint density at radius 2 is 1.11 bits per heavy atom. The van der Waals surface area contributed by atoms with Crippen molar-refractivity contribution in [3.63, 3.8) is 0 Å². The highest BCUT2D eigenvalue weighted by atomic mass is 16.5. The van der Waals surface area contributed by atoms with Crippen LogP contribution in [-0.2, 0) is 26.1 Å². The first-order chi connectivity index (χ1) is 23.1. The van der Waals surface area contributed by atoms with Gasteiger partial charge in [-0.3, -0.25) is 0 Å². The number of rotatable bonds is 22. The van der Waals surface area contributed by atoms with Crippen molar-refractivity contribution in [2.24, 2.45) is 5.11 Å². The number of azide groups is 1. The molecule has 4 rings (SSSR count). The molecule has 248 valence electrons. The van der Waals surface area contributed by atoms with Crippen molar-refractivity contribution in [2.75, 3.05) is 13.2 Å². The quantitative estimate of drug-likeness (QED) is 0.0280. The zero-order valence-electron chi connectivity index (χ0n) is 28.8. The van der Waals surface area contributed by atoms with Crippen LogP contribution in [0, 0.1) is 13.8 Å². The standard InChI is InChI=1S/C40H55N6O/c1-35-32-36(2)34-46(33-35)25-13-24-44-27-19-38(20-28-44)39-21-29-45(30-22-39)26-18-37-14-16-40(17-15-37)47-31-12-10-8-6-4-3-5-7-9-11-23-42-43-41/h14-17,19-22,27-30,32-34H,3-13,18,23-26,31H2,1-2H3/q+3. The molecule has 0 saturated heterocycles. The minimum absolute atomic E-state index is 0.642. The van der Waals surface area contributed by atoms with Crippen LogP contribution in [0.5, 0.6) is 5.75 Å². The third kappa shape index (κ3) is 14.0. The molecule has 0 amide bonds. The van der Waals surface area contributed by atoms with Crippen molar-refractivity contribution < 1.29 is 18.4 Å². The molecule has 0 saturated carbocycles. The number of hydrogen-bond acceptors (Lipinski definition) is 2. The van der Waals surface area contributed by atoms with Gasteiger partial charge in [0.2, 0.25) is 0 Å². The predicted octanol–water partition coefficient (Wildman–Crippen LogP) is 8.76. The van der Waals surface area contributed by atoms with Gasteiger partial charge in [-0.25, -0.2) is 13.7 Å². The number of unbranched alkanes of at least 4 members (excludes halogenated alkanes) is 9. The Kier molecular flexibility index (Phi) is 15.8. The number of nitrogens with zero attached hydrogens (tertiary/aromatic N) is 6. The molecule has 7 nitrogen and oxygen atoms in total. The Balaban J connectivity index is 1.06. The molecular weight excluding hydrogens is 580 g/mol. The van der Waals surface area contributed by atoms with Gasteiger partial charge in [-0.15, -0.1) is 0 Å². The first kappa shape index (κ1) is 35.6. The van der Waals surface area contributed by atoms with E-state index in [1.807, 2.05) is 0 Å². The summed E-state index contributed by atoms with van der Waals surface area (Å²) >= 11 is 0. The Hall–Kier alpha value is -4.22. The number of aromatic nitrogens is 3. The first-order valence-corrected chi connectivity index (χ1v) is 17.8. The van der Waals surface area contributed by atoms with Crippen molar-refractivity contribution in [2.45, 2.75) is 111 Å². The van der Waals surface area contributed by atoms with Gasteiger partial charge in [-0.2, -0.15) is 0 Å². The number of hydrogen-bond donors (Lipinski definition) is 0. The summed E-state index contributed by atoms with van der Waals surface area (Å²) in [4.78, 5) is 2.80. The second-order valence-corrected chi connectivity index (χ2v) is 12.9. The summed E-state index contributed by atoms with van der Waals surface area (Å²) < 4.78 is 12.8. The molecule has 7 heteroatoms. The van der Waals surface area contributed by atoms with Crippen LogP contribution >= 0.6 is 0 Å². The average Bonchev–Trinajstić information content (AvgIpc) is 3.08. The minimum atomic E-state index is 0.642. The van der Waals surface area contributed by atoms with Crippen molar-refractivity contribution >= 4 is 0 Å². The van der Waals surface area contributed by atoms with E-state index in [2.05, 4.69) is 129 Å². The molecule has 0 fully saturated rings. The fraction of sp³-hybridized carbons (Fsp3) is 0.475. The summed E-state index contributed by atoms with van der Waals surface area (Å²) in [5.41, 5.74) is 14.7. The van der Waals surface area contributed by atoms with E-state index in [1.165, 1.54) is 79.2 Å². The largest absolute Gasteiger partial charge is 0.494 e. The molecular formula is C40H55N6O+3. The van der Waals surface area contributed by atoms with E-state index in [9.17, 15) is 0 Å². The van der Waals surface area contributed by atoms with E-state index in [4.69, 9.17) is 10.3 Å². The molecule has 0 aliphatic rings. The lowest BCUT2D eigenvalue weighted by Gasteiger charge is -2.07.